The van der Waals surface area contributed by atoms with Crippen molar-refractivity contribution in [1.82, 2.24) is 0 Å². The predicted molar refractivity (Wildman–Crippen MR) is 120 cm³/mol. The molecule has 0 fully saturated rings. The number of nitrogens with zero attached hydrogens (tertiary/aromatic N) is 1. The number of rotatable bonds is 4. The highest BCUT2D eigenvalue weighted by Crippen LogP contribution is 2.36. The zero-order valence-electron chi connectivity index (χ0n) is 16.6. The molecule has 1 heterocycles. The Kier molecular flexibility index (Phi) is 5.56. The normalized spacial score (nSPS) is 15.9. The van der Waals surface area contributed by atoms with E-state index in [1.807, 2.05) is 30.3 Å². The van der Waals surface area contributed by atoms with Crippen molar-refractivity contribution < 1.29 is 18.0 Å². The first kappa shape index (κ1) is 21.1. The van der Waals surface area contributed by atoms with Gasteiger partial charge in [0.1, 0.15) is 6.04 Å². The quantitative estimate of drug-likeness (QED) is 0.646. The number of sulfone groups is 1. The SMILES string of the molecule is CS(=O)(=O)c1ccc2c(c1)NC(=O)C(Cc1ccccc1)N2C(=O)c1ccc(Cl)cc1. The monoisotopic (exact) mass is 454 g/mol. The molecule has 1 aliphatic rings. The van der Waals surface area contributed by atoms with Gasteiger partial charge in [0.05, 0.1) is 16.3 Å². The summed E-state index contributed by atoms with van der Waals surface area (Å²) in [5.41, 5.74) is 1.98. The molecule has 1 unspecified atom stereocenters. The minimum Gasteiger partial charge on any atom is -0.322 e. The second kappa shape index (κ2) is 8.17. The fourth-order valence-electron chi connectivity index (χ4n) is 3.56. The summed E-state index contributed by atoms with van der Waals surface area (Å²) in [7, 11) is -3.48. The van der Waals surface area contributed by atoms with E-state index in [2.05, 4.69) is 5.32 Å². The summed E-state index contributed by atoms with van der Waals surface area (Å²) in [5.74, 6) is -0.759. The van der Waals surface area contributed by atoms with Gasteiger partial charge < -0.3 is 5.32 Å². The topological polar surface area (TPSA) is 83.6 Å². The lowest BCUT2D eigenvalue weighted by Gasteiger charge is -2.37. The van der Waals surface area contributed by atoms with Crippen LogP contribution in [0.25, 0.3) is 0 Å². The maximum atomic E-state index is 13.5. The fraction of sp³-hybridized carbons (Fsp3) is 0.130. The summed E-state index contributed by atoms with van der Waals surface area (Å²) in [5, 5.41) is 3.26. The molecule has 4 rings (SSSR count). The molecule has 8 heteroatoms. The Balaban J connectivity index is 1.82. The van der Waals surface area contributed by atoms with Crippen molar-refractivity contribution in [3.63, 3.8) is 0 Å². The number of amides is 2. The zero-order chi connectivity index (χ0) is 22.2. The number of hydrogen-bond acceptors (Lipinski definition) is 4. The van der Waals surface area contributed by atoms with E-state index in [-0.39, 0.29) is 22.4 Å². The van der Waals surface area contributed by atoms with Crippen LogP contribution in [0, 0.1) is 0 Å². The number of fused-ring (bicyclic) bond motifs is 1. The molecule has 31 heavy (non-hydrogen) atoms. The van der Waals surface area contributed by atoms with Gasteiger partial charge in [-0.15, -0.1) is 0 Å². The molecule has 6 nitrogen and oxygen atoms in total. The highest BCUT2D eigenvalue weighted by Gasteiger charge is 2.37. The second-order valence-corrected chi connectivity index (χ2v) is 9.78. The molecule has 0 saturated heterocycles. The Bertz CT molecular complexity index is 1260. The highest BCUT2D eigenvalue weighted by atomic mass is 35.5. The Morgan fingerprint density at radius 2 is 1.71 bits per heavy atom. The lowest BCUT2D eigenvalue weighted by Crippen LogP contribution is -2.52. The standard InChI is InChI=1S/C23H19ClN2O4S/c1-31(29,30)18-11-12-20-19(14-18)25-22(27)21(13-15-5-3-2-4-6-15)26(20)23(28)16-7-9-17(24)10-8-16/h2-12,14,21H,13H2,1H3,(H,25,27). The van der Waals surface area contributed by atoms with E-state index in [4.69, 9.17) is 11.6 Å². The molecule has 3 aromatic rings. The molecule has 0 saturated carbocycles. The van der Waals surface area contributed by atoms with Gasteiger partial charge >= 0.3 is 0 Å². The maximum absolute atomic E-state index is 13.5. The molecule has 3 aromatic carbocycles. The van der Waals surface area contributed by atoms with Crippen LogP contribution in [0.1, 0.15) is 15.9 Å². The third-order valence-corrected chi connectivity index (χ3v) is 6.47. The van der Waals surface area contributed by atoms with Crippen LogP contribution in [0.3, 0.4) is 0 Å². The van der Waals surface area contributed by atoms with Crippen molar-refractivity contribution in [2.45, 2.75) is 17.4 Å². The van der Waals surface area contributed by atoms with E-state index >= 15 is 0 Å². The molecule has 0 radical (unpaired) electrons. The molecule has 0 aromatic heterocycles. The average molecular weight is 455 g/mol. The first-order valence-electron chi connectivity index (χ1n) is 9.52. The molecule has 0 aliphatic carbocycles. The largest absolute Gasteiger partial charge is 0.322 e. The summed E-state index contributed by atoms with van der Waals surface area (Å²) in [6.45, 7) is 0. The van der Waals surface area contributed by atoms with E-state index in [1.165, 1.54) is 17.0 Å². The van der Waals surface area contributed by atoms with Crippen molar-refractivity contribution in [2.24, 2.45) is 0 Å². The number of anilines is 2. The van der Waals surface area contributed by atoms with Crippen molar-refractivity contribution in [1.29, 1.82) is 0 Å². The molecule has 1 atom stereocenters. The molecule has 2 amide bonds. The lowest BCUT2D eigenvalue weighted by molar-refractivity contribution is -0.117. The molecule has 1 N–H and O–H groups in total. The molecule has 0 spiro atoms. The molecular weight excluding hydrogens is 436 g/mol. The summed E-state index contributed by atoms with van der Waals surface area (Å²) >= 11 is 5.96. The zero-order valence-corrected chi connectivity index (χ0v) is 18.2. The van der Waals surface area contributed by atoms with Gasteiger partial charge in [-0.05, 0) is 48.0 Å². The van der Waals surface area contributed by atoms with Gasteiger partial charge in [-0.2, -0.15) is 0 Å². The van der Waals surface area contributed by atoms with Gasteiger partial charge in [0.2, 0.25) is 5.91 Å². The van der Waals surface area contributed by atoms with Crippen molar-refractivity contribution in [2.75, 3.05) is 16.5 Å². The number of halogens is 1. The lowest BCUT2D eigenvalue weighted by atomic mass is 9.99. The highest BCUT2D eigenvalue weighted by molar-refractivity contribution is 7.90. The van der Waals surface area contributed by atoms with E-state index in [0.717, 1.165) is 11.8 Å². The minimum absolute atomic E-state index is 0.0620. The Hall–Kier alpha value is -3.16. The van der Waals surface area contributed by atoms with Crippen LogP contribution in [0.5, 0.6) is 0 Å². The van der Waals surface area contributed by atoms with Crippen LogP contribution in [0.15, 0.2) is 77.7 Å². The van der Waals surface area contributed by atoms with Gasteiger partial charge in [-0.3, -0.25) is 14.5 Å². The van der Waals surface area contributed by atoms with Gasteiger partial charge in [-0.25, -0.2) is 8.42 Å². The van der Waals surface area contributed by atoms with Gasteiger partial charge in [0.15, 0.2) is 9.84 Å². The number of hydrogen-bond donors (Lipinski definition) is 1. The molecule has 0 bridgehead atoms. The minimum atomic E-state index is -3.48. The summed E-state index contributed by atoms with van der Waals surface area (Å²) in [6.07, 6.45) is 1.40. The first-order valence-corrected chi connectivity index (χ1v) is 11.8. The summed E-state index contributed by atoms with van der Waals surface area (Å²) in [6, 6.07) is 19.4. The van der Waals surface area contributed by atoms with Crippen molar-refractivity contribution in [3.05, 3.63) is 88.9 Å². The molecule has 158 valence electrons. The maximum Gasteiger partial charge on any atom is 0.259 e. The van der Waals surface area contributed by atoms with Crippen LogP contribution in [0.2, 0.25) is 5.02 Å². The number of nitrogens with one attached hydrogen (secondary N) is 1. The van der Waals surface area contributed by atoms with Crippen molar-refractivity contribution >= 4 is 44.6 Å². The Morgan fingerprint density at radius 1 is 1.03 bits per heavy atom. The first-order chi connectivity index (χ1) is 14.7. The van der Waals surface area contributed by atoms with Crippen LogP contribution < -0.4 is 10.2 Å². The van der Waals surface area contributed by atoms with E-state index < -0.39 is 15.9 Å². The van der Waals surface area contributed by atoms with Crippen molar-refractivity contribution in [3.8, 4) is 0 Å². The van der Waals surface area contributed by atoms with Crippen LogP contribution >= 0.6 is 11.6 Å². The van der Waals surface area contributed by atoms with E-state index in [9.17, 15) is 18.0 Å². The summed E-state index contributed by atoms with van der Waals surface area (Å²) in [4.78, 5) is 28.0. The van der Waals surface area contributed by atoms with Crippen LogP contribution in [-0.2, 0) is 21.1 Å². The third kappa shape index (κ3) is 4.33. The third-order valence-electron chi connectivity index (χ3n) is 5.11. The summed E-state index contributed by atoms with van der Waals surface area (Å²) < 4.78 is 23.9. The molecule has 1 aliphatic heterocycles. The number of benzene rings is 3. The van der Waals surface area contributed by atoms with Gasteiger partial charge in [0, 0.05) is 23.3 Å². The van der Waals surface area contributed by atoms with Crippen LogP contribution in [-0.4, -0.2) is 32.5 Å². The van der Waals surface area contributed by atoms with E-state index in [1.54, 1.807) is 30.3 Å². The fourth-order valence-corrected chi connectivity index (χ4v) is 4.33. The van der Waals surface area contributed by atoms with Crippen LogP contribution in [0.4, 0.5) is 11.4 Å². The van der Waals surface area contributed by atoms with Gasteiger partial charge in [-0.1, -0.05) is 41.9 Å². The Morgan fingerprint density at radius 3 is 2.35 bits per heavy atom. The second-order valence-electron chi connectivity index (χ2n) is 7.33. The number of carbonyl (C=O) groups excluding carboxylic acids is 2. The number of carbonyl (C=O) groups is 2. The molecular formula is C23H19ClN2O4S. The Labute approximate surface area is 185 Å². The predicted octanol–water partition coefficient (Wildman–Crippen LogP) is 3.95. The average Bonchev–Trinajstić information content (AvgIpc) is 2.74. The van der Waals surface area contributed by atoms with E-state index in [0.29, 0.717) is 22.7 Å². The smallest absolute Gasteiger partial charge is 0.259 e. The van der Waals surface area contributed by atoms with Gasteiger partial charge in [0.25, 0.3) is 5.91 Å².